The van der Waals surface area contributed by atoms with E-state index < -0.39 is 0 Å². The third kappa shape index (κ3) is 2.13. The van der Waals surface area contributed by atoms with Crippen molar-refractivity contribution in [3.05, 3.63) is 34.3 Å². The van der Waals surface area contributed by atoms with Crippen LogP contribution in [0.1, 0.15) is 36.2 Å². The van der Waals surface area contributed by atoms with E-state index in [4.69, 9.17) is 11.6 Å². The molecule has 0 saturated carbocycles. The zero-order chi connectivity index (χ0) is 11.7. The highest BCUT2D eigenvalue weighted by Crippen LogP contribution is 2.27. The lowest BCUT2D eigenvalue weighted by atomic mass is 9.87. The van der Waals surface area contributed by atoms with Gasteiger partial charge in [0.2, 0.25) is 0 Å². The van der Waals surface area contributed by atoms with Gasteiger partial charge in [0.05, 0.1) is 6.04 Å². The van der Waals surface area contributed by atoms with E-state index in [1.54, 1.807) is 0 Å². The fourth-order valence-corrected chi connectivity index (χ4v) is 2.48. The van der Waals surface area contributed by atoms with Gasteiger partial charge in [-0.05, 0) is 24.5 Å². The predicted octanol–water partition coefficient (Wildman–Crippen LogP) is 2.84. The fraction of sp³-hybridized carbons (Fsp3) is 0.462. The molecule has 0 heterocycles. The predicted molar refractivity (Wildman–Crippen MR) is 66.2 cm³/mol. The zero-order valence-corrected chi connectivity index (χ0v) is 10.3. The van der Waals surface area contributed by atoms with E-state index in [2.05, 4.69) is 19.2 Å². The molecule has 1 N–H and O–H groups in total. The van der Waals surface area contributed by atoms with Crippen LogP contribution in [-0.4, -0.2) is 17.9 Å². The number of ketones is 1. The lowest BCUT2D eigenvalue weighted by Crippen LogP contribution is -2.43. The van der Waals surface area contributed by atoms with Crippen molar-refractivity contribution in [2.75, 3.05) is 0 Å². The normalized spacial score (nSPS) is 20.0. The maximum absolute atomic E-state index is 12.2. The molecule has 0 aliphatic heterocycles. The molecule has 1 unspecified atom stereocenters. The quantitative estimate of drug-likeness (QED) is 0.857. The Morgan fingerprint density at radius 1 is 1.44 bits per heavy atom. The standard InChI is InChI=1S/C13H16ClNO/c1-8(2)15-12-7-6-9-10(13(12)16)4-3-5-11(9)14/h3-5,8,12,15H,6-7H2,1-2H3. The Bertz CT molecular complexity index is 414. The van der Waals surface area contributed by atoms with Gasteiger partial charge in [-0.1, -0.05) is 37.6 Å². The van der Waals surface area contributed by atoms with E-state index in [1.165, 1.54) is 0 Å². The largest absolute Gasteiger partial charge is 0.305 e. The highest BCUT2D eigenvalue weighted by atomic mass is 35.5. The Balaban J connectivity index is 2.29. The van der Waals surface area contributed by atoms with E-state index >= 15 is 0 Å². The number of fused-ring (bicyclic) bond motifs is 1. The molecule has 1 aliphatic carbocycles. The summed E-state index contributed by atoms with van der Waals surface area (Å²) in [6.45, 7) is 4.11. The van der Waals surface area contributed by atoms with Crippen molar-refractivity contribution in [3.8, 4) is 0 Å². The molecule has 0 aromatic heterocycles. The molecule has 1 aromatic carbocycles. The van der Waals surface area contributed by atoms with Crippen molar-refractivity contribution >= 4 is 17.4 Å². The van der Waals surface area contributed by atoms with Gasteiger partial charge in [-0.3, -0.25) is 4.79 Å². The first-order valence-electron chi connectivity index (χ1n) is 5.67. The molecule has 2 rings (SSSR count). The number of Topliss-reactive ketones (excluding diaryl/α,β-unsaturated/α-hetero) is 1. The first kappa shape index (κ1) is 11.6. The maximum atomic E-state index is 12.2. The van der Waals surface area contributed by atoms with Crippen molar-refractivity contribution < 1.29 is 4.79 Å². The maximum Gasteiger partial charge on any atom is 0.180 e. The number of carbonyl (C=O) groups excluding carboxylic acids is 1. The van der Waals surface area contributed by atoms with Crippen molar-refractivity contribution in [1.82, 2.24) is 5.32 Å². The molecule has 2 nitrogen and oxygen atoms in total. The Morgan fingerprint density at radius 3 is 2.88 bits per heavy atom. The van der Waals surface area contributed by atoms with Crippen LogP contribution in [0.2, 0.25) is 5.02 Å². The van der Waals surface area contributed by atoms with E-state index in [-0.39, 0.29) is 11.8 Å². The molecule has 3 heteroatoms. The van der Waals surface area contributed by atoms with Gasteiger partial charge >= 0.3 is 0 Å². The van der Waals surface area contributed by atoms with Gasteiger partial charge in [-0.25, -0.2) is 0 Å². The summed E-state index contributed by atoms with van der Waals surface area (Å²) in [5.41, 5.74) is 1.80. The lowest BCUT2D eigenvalue weighted by molar-refractivity contribution is 0.0922. The molecule has 16 heavy (non-hydrogen) atoms. The number of benzene rings is 1. The van der Waals surface area contributed by atoms with Crippen LogP contribution >= 0.6 is 11.6 Å². The third-order valence-electron chi connectivity index (χ3n) is 2.92. The van der Waals surface area contributed by atoms with E-state index in [1.807, 2.05) is 18.2 Å². The number of hydrogen-bond donors (Lipinski definition) is 1. The van der Waals surface area contributed by atoms with Crippen molar-refractivity contribution in [2.24, 2.45) is 0 Å². The minimum absolute atomic E-state index is 0.0500. The van der Waals surface area contributed by atoms with Gasteiger partial charge in [-0.15, -0.1) is 0 Å². The number of hydrogen-bond acceptors (Lipinski definition) is 2. The SMILES string of the molecule is CC(C)NC1CCc2c(Cl)cccc2C1=O. The average Bonchev–Trinajstić information content (AvgIpc) is 2.23. The molecule has 0 spiro atoms. The second-order valence-corrected chi connectivity index (χ2v) is 4.95. The smallest absolute Gasteiger partial charge is 0.180 e. The summed E-state index contributed by atoms with van der Waals surface area (Å²) in [6.07, 6.45) is 1.72. The fourth-order valence-electron chi connectivity index (χ4n) is 2.21. The summed E-state index contributed by atoms with van der Waals surface area (Å²) in [7, 11) is 0. The first-order valence-corrected chi connectivity index (χ1v) is 6.05. The number of halogens is 1. The number of rotatable bonds is 2. The van der Waals surface area contributed by atoms with Crippen LogP contribution in [0.3, 0.4) is 0 Å². The van der Waals surface area contributed by atoms with Gasteiger partial charge in [0, 0.05) is 16.6 Å². The topological polar surface area (TPSA) is 29.1 Å². The van der Waals surface area contributed by atoms with Crippen LogP contribution in [0.15, 0.2) is 18.2 Å². The minimum atomic E-state index is -0.0500. The molecular weight excluding hydrogens is 222 g/mol. The Labute approximate surface area is 101 Å². The van der Waals surface area contributed by atoms with Gasteiger partial charge in [0.15, 0.2) is 5.78 Å². The highest BCUT2D eigenvalue weighted by molar-refractivity contribution is 6.32. The number of nitrogens with one attached hydrogen (secondary N) is 1. The summed E-state index contributed by atoms with van der Waals surface area (Å²) in [6, 6.07) is 5.85. The van der Waals surface area contributed by atoms with Crippen LogP contribution in [0.5, 0.6) is 0 Å². The Kier molecular flexibility index (Phi) is 3.31. The second kappa shape index (κ2) is 4.56. The minimum Gasteiger partial charge on any atom is -0.305 e. The molecule has 1 atom stereocenters. The summed E-state index contributed by atoms with van der Waals surface area (Å²) in [5, 5.41) is 4.02. The van der Waals surface area contributed by atoms with Gasteiger partial charge in [0.1, 0.15) is 0 Å². The summed E-state index contributed by atoms with van der Waals surface area (Å²) >= 11 is 6.09. The molecule has 0 radical (unpaired) electrons. The van der Waals surface area contributed by atoms with Crippen LogP contribution in [0, 0.1) is 0 Å². The lowest BCUT2D eigenvalue weighted by Gasteiger charge is -2.26. The van der Waals surface area contributed by atoms with E-state index in [0.717, 1.165) is 24.0 Å². The van der Waals surface area contributed by atoms with Crippen molar-refractivity contribution in [1.29, 1.82) is 0 Å². The molecule has 1 aliphatic rings. The van der Waals surface area contributed by atoms with E-state index in [0.29, 0.717) is 11.1 Å². The number of carbonyl (C=O) groups is 1. The third-order valence-corrected chi connectivity index (χ3v) is 3.27. The van der Waals surface area contributed by atoms with E-state index in [9.17, 15) is 4.79 Å². The first-order chi connectivity index (χ1) is 7.59. The zero-order valence-electron chi connectivity index (χ0n) is 9.59. The van der Waals surface area contributed by atoms with Crippen molar-refractivity contribution in [2.45, 2.75) is 38.8 Å². The average molecular weight is 238 g/mol. The van der Waals surface area contributed by atoms with Crippen molar-refractivity contribution in [3.63, 3.8) is 0 Å². The highest BCUT2D eigenvalue weighted by Gasteiger charge is 2.28. The molecule has 0 saturated heterocycles. The molecule has 1 aromatic rings. The molecule has 0 amide bonds. The Hall–Kier alpha value is -0.860. The van der Waals surface area contributed by atoms with Crippen LogP contribution in [0.4, 0.5) is 0 Å². The van der Waals surface area contributed by atoms with Gasteiger partial charge < -0.3 is 5.32 Å². The summed E-state index contributed by atoms with van der Waals surface area (Å²) in [4.78, 5) is 12.2. The van der Waals surface area contributed by atoms with Crippen LogP contribution in [-0.2, 0) is 6.42 Å². The van der Waals surface area contributed by atoms with Gasteiger partial charge in [0.25, 0.3) is 0 Å². The van der Waals surface area contributed by atoms with Gasteiger partial charge in [-0.2, -0.15) is 0 Å². The second-order valence-electron chi connectivity index (χ2n) is 4.54. The molecular formula is C13H16ClNO. The monoisotopic (exact) mass is 237 g/mol. The van der Waals surface area contributed by atoms with Crippen LogP contribution < -0.4 is 5.32 Å². The Morgan fingerprint density at radius 2 is 2.19 bits per heavy atom. The molecule has 0 fully saturated rings. The van der Waals surface area contributed by atoms with Crippen LogP contribution in [0.25, 0.3) is 0 Å². The molecule has 86 valence electrons. The summed E-state index contributed by atoms with van der Waals surface area (Å²) in [5.74, 6) is 0.178. The summed E-state index contributed by atoms with van der Waals surface area (Å²) < 4.78 is 0. The molecule has 0 bridgehead atoms.